The van der Waals surface area contributed by atoms with Crippen molar-refractivity contribution in [2.24, 2.45) is 10.8 Å². The minimum Gasteiger partial charge on any atom is -0.396 e. The molecule has 0 radical (unpaired) electrons. The van der Waals surface area contributed by atoms with E-state index in [9.17, 15) is 0 Å². The van der Waals surface area contributed by atoms with E-state index in [1.807, 2.05) is 0 Å². The molecule has 2 saturated carbocycles. The van der Waals surface area contributed by atoms with Crippen molar-refractivity contribution in [2.75, 3.05) is 6.61 Å². The molecule has 1 nitrogen and oxygen atoms in total. The highest BCUT2D eigenvalue weighted by atomic mass is 16.3. The number of hydrogen-bond donors (Lipinski definition) is 1. The van der Waals surface area contributed by atoms with Crippen LogP contribution in [0.3, 0.4) is 0 Å². The number of aliphatic hydroxyl groups excluding tert-OH is 1. The Kier molecular flexibility index (Phi) is 0.852. The number of rotatable bonds is 1. The Bertz CT molecular complexity index is 128. The van der Waals surface area contributed by atoms with Crippen molar-refractivity contribution in [3.05, 3.63) is 0 Å². The van der Waals surface area contributed by atoms with Gasteiger partial charge in [-0.1, -0.05) is 6.92 Å². The van der Waals surface area contributed by atoms with Crippen molar-refractivity contribution < 1.29 is 5.11 Å². The molecule has 0 atom stereocenters. The molecule has 0 aromatic heterocycles. The molecule has 9 heavy (non-hydrogen) atoms. The molecule has 1 spiro atoms. The Balaban J connectivity index is 1.95. The van der Waals surface area contributed by atoms with Crippen molar-refractivity contribution in [3.8, 4) is 0 Å². The van der Waals surface area contributed by atoms with Gasteiger partial charge < -0.3 is 5.11 Å². The Hall–Kier alpha value is -0.0400. The van der Waals surface area contributed by atoms with Crippen LogP contribution in [-0.2, 0) is 0 Å². The van der Waals surface area contributed by atoms with E-state index in [1.54, 1.807) is 0 Å². The summed E-state index contributed by atoms with van der Waals surface area (Å²) in [6.07, 6.45) is 5.44. The summed E-state index contributed by atoms with van der Waals surface area (Å²) in [6.45, 7) is 2.59. The van der Waals surface area contributed by atoms with Gasteiger partial charge in [0.05, 0.1) is 0 Å². The van der Waals surface area contributed by atoms with Crippen molar-refractivity contribution in [1.29, 1.82) is 0 Å². The lowest BCUT2D eigenvalue weighted by atomic mass is 9.61. The fourth-order valence-electron chi connectivity index (χ4n) is 2.40. The van der Waals surface area contributed by atoms with Gasteiger partial charge in [0.15, 0.2) is 0 Å². The molecule has 2 aliphatic carbocycles. The first-order valence-corrected chi connectivity index (χ1v) is 3.79. The molecule has 0 bridgehead atoms. The summed E-state index contributed by atoms with van der Waals surface area (Å²) in [5.41, 5.74) is 1.06. The summed E-state index contributed by atoms with van der Waals surface area (Å²) in [7, 11) is 0. The third-order valence-corrected chi connectivity index (χ3v) is 2.94. The smallest absolute Gasteiger partial charge is 0.0485 e. The van der Waals surface area contributed by atoms with Crippen molar-refractivity contribution in [3.63, 3.8) is 0 Å². The fourth-order valence-corrected chi connectivity index (χ4v) is 2.40. The van der Waals surface area contributed by atoms with Crippen LogP contribution in [0.4, 0.5) is 0 Å². The van der Waals surface area contributed by atoms with Gasteiger partial charge >= 0.3 is 0 Å². The molecular weight excluding hydrogens is 112 g/mol. The van der Waals surface area contributed by atoms with E-state index in [2.05, 4.69) is 6.92 Å². The van der Waals surface area contributed by atoms with E-state index in [0.29, 0.717) is 12.0 Å². The Morgan fingerprint density at radius 3 is 2.22 bits per heavy atom. The Labute approximate surface area is 56.1 Å². The van der Waals surface area contributed by atoms with Crippen LogP contribution in [-0.4, -0.2) is 11.7 Å². The van der Waals surface area contributed by atoms with Crippen LogP contribution in [0.5, 0.6) is 0 Å². The maximum atomic E-state index is 8.91. The zero-order chi connectivity index (χ0) is 6.54. The maximum Gasteiger partial charge on any atom is 0.0485 e. The minimum absolute atomic E-state index is 0.316. The largest absolute Gasteiger partial charge is 0.396 e. The third-order valence-electron chi connectivity index (χ3n) is 2.94. The summed E-state index contributed by atoms with van der Waals surface area (Å²) >= 11 is 0. The molecule has 1 heteroatoms. The Morgan fingerprint density at radius 2 is 1.89 bits per heavy atom. The first-order valence-electron chi connectivity index (χ1n) is 3.79. The molecule has 0 amide bonds. The van der Waals surface area contributed by atoms with E-state index in [4.69, 9.17) is 5.11 Å². The second-order valence-corrected chi connectivity index (χ2v) is 4.32. The maximum absolute atomic E-state index is 8.91. The molecule has 0 aromatic carbocycles. The van der Waals surface area contributed by atoms with E-state index < -0.39 is 0 Å². The lowest BCUT2D eigenvalue weighted by Gasteiger charge is -2.45. The normalized spacial score (nSPS) is 34.0. The summed E-state index contributed by atoms with van der Waals surface area (Å²) in [6, 6.07) is 0. The fraction of sp³-hybridized carbons (Fsp3) is 1.00. The van der Waals surface area contributed by atoms with Crippen molar-refractivity contribution in [2.45, 2.75) is 32.6 Å². The monoisotopic (exact) mass is 126 g/mol. The van der Waals surface area contributed by atoms with E-state index in [-0.39, 0.29) is 0 Å². The highest BCUT2D eigenvalue weighted by Gasteiger charge is 2.58. The van der Waals surface area contributed by atoms with Crippen LogP contribution in [0.2, 0.25) is 0 Å². The molecular formula is C8H14O. The summed E-state index contributed by atoms with van der Waals surface area (Å²) in [4.78, 5) is 0. The quantitative estimate of drug-likeness (QED) is 0.565. The lowest BCUT2D eigenvalue weighted by molar-refractivity contribution is -0.00290. The molecule has 2 fully saturated rings. The zero-order valence-corrected chi connectivity index (χ0v) is 5.98. The molecule has 0 heterocycles. The van der Waals surface area contributed by atoms with Gasteiger partial charge in [-0.2, -0.15) is 0 Å². The predicted octanol–water partition coefficient (Wildman–Crippen LogP) is 1.56. The highest BCUT2D eigenvalue weighted by molar-refractivity contribution is 5.08. The second kappa shape index (κ2) is 1.34. The first-order chi connectivity index (χ1) is 4.18. The lowest BCUT2D eigenvalue weighted by Crippen LogP contribution is -2.38. The molecule has 0 unspecified atom stereocenters. The summed E-state index contributed by atoms with van der Waals surface area (Å²) in [5, 5.41) is 8.91. The molecule has 52 valence electrons. The standard InChI is InChI=1S/C8H14O/c1-7(6-9)4-8(5-7)2-3-8/h9H,2-6H2,1H3. The van der Waals surface area contributed by atoms with E-state index in [0.717, 1.165) is 5.41 Å². The topological polar surface area (TPSA) is 20.2 Å². The zero-order valence-electron chi connectivity index (χ0n) is 5.98. The van der Waals surface area contributed by atoms with Crippen LogP contribution in [0.15, 0.2) is 0 Å². The first kappa shape index (κ1) is 5.72. The Morgan fingerprint density at radius 1 is 1.33 bits per heavy atom. The average Bonchev–Trinajstić information content (AvgIpc) is 2.46. The summed E-state index contributed by atoms with van der Waals surface area (Å²) < 4.78 is 0. The van der Waals surface area contributed by atoms with Gasteiger partial charge in [0.2, 0.25) is 0 Å². The summed E-state index contributed by atoms with van der Waals surface area (Å²) in [5.74, 6) is 0. The van der Waals surface area contributed by atoms with Gasteiger partial charge in [0.25, 0.3) is 0 Å². The van der Waals surface area contributed by atoms with Crippen LogP contribution in [0, 0.1) is 10.8 Å². The number of aliphatic hydroxyl groups is 1. The second-order valence-electron chi connectivity index (χ2n) is 4.32. The van der Waals surface area contributed by atoms with Gasteiger partial charge in [-0.25, -0.2) is 0 Å². The highest BCUT2D eigenvalue weighted by Crippen LogP contribution is 2.68. The molecule has 0 aromatic rings. The van der Waals surface area contributed by atoms with Gasteiger partial charge in [0.1, 0.15) is 0 Å². The third kappa shape index (κ3) is 0.710. The van der Waals surface area contributed by atoms with Gasteiger partial charge in [-0.15, -0.1) is 0 Å². The van der Waals surface area contributed by atoms with Gasteiger partial charge in [-0.05, 0) is 36.5 Å². The van der Waals surface area contributed by atoms with Gasteiger partial charge in [-0.3, -0.25) is 0 Å². The number of hydrogen-bond acceptors (Lipinski definition) is 1. The van der Waals surface area contributed by atoms with Crippen LogP contribution in [0.25, 0.3) is 0 Å². The molecule has 2 aliphatic rings. The van der Waals surface area contributed by atoms with Crippen molar-refractivity contribution in [1.82, 2.24) is 0 Å². The van der Waals surface area contributed by atoms with E-state index in [1.165, 1.54) is 25.7 Å². The average molecular weight is 126 g/mol. The molecule has 1 N–H and O–H groups in total. The minimum atomic E-state index is 0.316. The molecule has 0 saturated heterocycles. The van der Waals surface area contributed by atoms with Gasteiger partial charge in [0, 0.05) is 6.61 Å². The SMILES string of the molecule is CC1(CO)CC2(CC2)C1. The van der Waals surface area contributed by atoms with Crippen LogP contribution in [0.1, 0.15) is 32.6 Å². The molecule has 2 rings (SSSR count). The van der Waals surface area contributed by atoms with Crippen LogP contribution >= 0.6 is 0 Å². The van der Waals surface area contributed by atoms with Crippen LogP contribution < -0.4 is 0 Å². The van der Waals surface area contributed by atoms with Crippen molar-refractivity contribution >= 4 is 0 Å². The van der Waals surface area contributed by atoms with E-state index >= 15 is 0 Å². The molecule has 0 aliphatic heterocycles. The predicted molar refractivity (Wildman–Crippen MR) is 36.1 cm³/mol.